The van der Waals surface area contributed by atoms with E-state index in [1.165, 1.54) is 26.0 Å². The first-order chi connectivity index (χ1) is 6.97. The predicted octanol–water partition coefficient (Wildman–Crippen LogP) is 1.61. The van der Waals surface area contributed by atoms with E-state index >= 15 is 0 Å². The van der Waals surface area contributed by atoms with E-state index in [0.717, 1.165) is 0 Å². The van der Waals surface area contributed by atoms with Crippen LogP contribution >= 0.6 is 0 Å². The molecule has 1 aromatic rings. The average Bonchev–Trinajstić information content (AvgIpc) is 2.16. The Morgan fingerprint density at radius 1 is 1.20 bits per heavy atom. The second-order valence-electron chi connectivity index (χ2n) is 3.19. The van der Waals surface area contributed by atoms with Gasteiger partial charge in [0.05, 0.1) is 5.56 Å². The number of benzene rings is 1. The summed E-state index contributed by atoms with van der Waals surface area (Å²) in [7, 11) is 0. The number of carbonyl (C=O) groups is 3. The minimum Gasteiger partial charge on any atom is -0.507 e. The Hall–Kier alpha value is -1.97. The van der Waals surface area contributed by atoms with Crippen molar-refractivity contribution in [3.8, 4) is 5.75 Å². The lowest BCUT2D eigenvalue weighted by Gasteiger charge is -2.05. The Morgan fingerprint density at radius 2 is 1.80 bits per heavy atom. The molecule has 0 spiro atoms. The summed E-state index contributed by atoms with van der Waals surface area (Å²) >= 11 is 0. The summed E-state index contributed by atoms with van der Waals surface area (Å²) in [4.78, 5) is 32.9. The van der Waals surface area contributed by atoms with Crippen molar-refractivity contribution in [1.29, 1.82) is 0 Å². The molecule has 0 aliphatic carbocycles. The van der Waals surface area contributed by atoms with Crippen LogP contribution in [-0.4, -0.2) is 23.0 Å². The van der Waals surface area contributed by atoms with Gasteiger partial charge in [0.2, 0.25) is 0 Å². The predicted molar refractivity (Wildman–Crippen MR) is 53.5 cm³/mol. The number of carbonyl (C=O) groups excluding carboxylic acids is 3. The summed E-state index contributed by atoms with van der Waals surface area (Å²) in [6, 6.07) is 2.49. The first kappa shape index (κ1) is 11.1. The number of Topliss-reactive ketones (excluding diaryl/α,β-unsaturated/α-hetero) is 2. The van der Waals surface area contributed by atoms with E-state index in [1.807, 2.05) is 0 Å². The number of phenols is 1. The molecule has 15 heavy (non-hydrogen) atoms. The highest BCUT2D eigenvalue weighted by Gasteiger charge is 2.14. The first-order valence-corrected chi connectivity index (χ1v) is 4.31. The number of hydrogen-bond donors (Lipinski definition) is 1. The van der Waals surface area contributed by atoms with Crippen molar-refractivity contribution < 1.29 is 19.5 Å². The third-order valence-electron chi connectivity index (χ3n) is 2.06. The monoisotopic (exact) mass is 206 g/mol. The van der Waals surface area contributed by atoms with Crippen molar-refractivity contribution in [3.05, 3.63) is 28.8 Å². The highest BCUT2D eigenvalue weighted by atomic mass is 16.3. The molecule has 1 aromatic carbocycles. The number of aldehydes is 1. The van der Waals surface area contributed by atoms with Gasteiger partial charge in [0.15, 0.2) is 17.9 Å². The van der Waals surface area contributed by atoms with Crippen molar-refractivity contribution in [2.24, 2.45) is 0 Å². The topological polar surface area (TPSA) is 71.4 Å². The maximum Gasteiger partial charge on any atom is 0.160 e. The van der Waals surface area contributed by atoms with Gasteiger partial charge in [-0.1, -0.05) is 0 Å². The van der Waals surface area contributed by atoms with Gasteiger partial charge in [0.1, 0.15) is 5.75 Å². The fourth-order valence-corrected chi connectivity index (χ4v) is 1.26. The second-order valence-corrected chi connectivity index (χ2v) is 3.19. The number of phenolic OH excluding ortho intramolecular Hbond substituents is 1. The summed E-state index contributed by atoms with van der Waals surface area (Å²) in [5.74, 6) is -0.983. The standard InChI is InChI=1S/C11H10O4/c1-6(13)8-3-9(7(2)14)10(5-12)11(15)4-8/h3-5,15H,1-2H3. The van der Waals surface area contributed by atoms with Gasteiger partial charge in [-0.25, -0.2) is 0 Å². The molecule has 0 saturated carbocycles. The molecular formula is C11H10O4. The molecule has 0 aliphatic heterocycles. The van der Waals surface area contributed by atoms with Crippen LogP contribution in [0, 0.1) is 0 Å². The van der Waals surface area contributed by atoms with E-state index in [4.69, 9.17) is 0 Å². The minimum absolute atomic E-state index is 0.0650. The van der Waals surface area contributed by atoms with Gasteiger partial charge in [-0.3, -0.25) is 14.4 Å². The van der Waals surface area contributed by atoms with Gasteiger partial charge in [0.25, 0.3) is 0 Å². The fraction of sp³-hybridized carbons (Fsp3) is 0.182. The largest absolute Gasteiger partial charge is 0.507 e. The van der Waals surface area contributed by atoms with Crippen LogP contribution in [0.5, 0.6) is 5.75 Å². The summed E-state index contributed by atoms with van der Waals surface area (Å²) < 4.78 is 0. The number of ketones is 2. The van der Waals surface area contributed by atoms with E-state index in [1.54, 1.807) is 0 Å². The molecule has 78 valence electrons. The molecule has 0 bridgehead atoms. The van der Waals surface area contributed by atoms with Gasteiger partial charge in [-0.2, -0.15) is 0 Å². The Bertz CT molecular complexity index is 446. The van der Waals surface area contributed by atoms with Crippen LogP contribution < -0.4 is 0 Å². The van der Waals surface area contributed by atoms with Crippen LogP contribution in [0.15, 0.2) is 12.1 Å². The Labute approximate surface area is 86.5 Å². The lowest BCUT2D eigenvalue weighted by Crippen LogP contribution is -2.03. The first-order valence-electron chi connectivity index (χ1n) is 4.31. The van der Waals surface area contributed by atoms with Crippen molar-refractivity contribution in [3.63, 3.8) is 0 Å². The van der Waals surface area contributed by atoms with Crippen LogP contribution in [0.1, 0.15) is 44.9 Å². The molecule has 0 atom stereocenters. The van der Waals surface area contributed by atoms with Gasteiger partial charge < -0.3 is 5.11 Å². The molecule has 0 aromatic heterocycles. The smallest absolute Gasteiger partial charge is 0.160 e. The zero-order chi connectivity index (χ0) is 11.6. The summed E-state index contributed by atoms with van der Waals surface area (Å²) in [6.45, 7) is 2.59. The zero-order valence-corrected chi connectivity index (χ0v) is 8.40. The molecule has 0 aliphatic rings. The summed E-state index contributed by atoms with van der Waals surface area (Å²) in [5.41, 5.74) is 0.200. The maximum absolute atomic E-state index is 11.2. The summed E-state index contributed by atoms with van der Waals surface area (Å²) in [5, 5.41) is 9.43. The van der Waals surface area contributed by atoms with Crippen LogP contribution in [0.4, 0.5) is 0 Å². The molecule has 4 heteroatoms. The van der Waals surface area contributed by atoms with E-state index in [9.17, 15) is 19.5 Å². The Balaban J connectivity index is 3.52. The molecule has 0 heterocycles. The molecular weight excluding hydrogens is 196 g/mol. The van der Waals surface area contributed by atoms with E-state index in [-0.39, 0.29) is 34.0 Å². The normalized spacial score (nSPS) is 9.73. The molecule has 0 unspecified atom stereocenters. The maximum atomic E-state index is 11.2. The van der Waals surface area contributed by atoms with E-state index in [2.05, 4.69) is 0 Å². The molecule has 1 N–H and O–H groups in total. The van der Waals surface area contributed by atoms with Crippen molar-refractivity contribution in [2.45, 2.75) is 13.8 Å². The second kappa shape index (κ2) is 4.04. The molecule has 0 amide bonds. The number of rotatable bonds is 3. The third-order valence-corrected chi connectivity index (χ3v) is 2.06. The lowest BCUT2D eigenvalue weighted by molar-refractivity contribution is 0.100. The van der Waals surface area contributed by atoms with Crippen molar-refractivity contribution in [2.75, 3.05) is 0 Å². The van der Waals surface area contributed by atoms with Gasteiger partial charge >= 0.3 is 0 Å². The number of hydrogen-bond acceptors (Lipinski definition) is 4. The summed E-state index contributed by atoms with van der Waals surface area (Å²) in [6.07, 6.45) is 0.399. The van der Waals surface area contributed by atoms with Gasteiger partial charge in [-0.05, 0) is 26.0 Å². The van der Waals surface area contributed by atoms with E-state index in [0.29, 0.717) is 6.29 Å². The molecule has 4 nitrogen and oxygen atoms in total. The number of aromatic hydroxyl groups is 1. The van der Waals surface area contributed by atoms with Crippen LogP contribution in [0.3, 0.4) is 0 Å². The Morgan fingerprint density at radius 3 is 2.20 bits per heavy atom. The highest BCUT2D eigenvalue weighted by molar-refractivity contribution is 6.06. The van der Waals surface area contributed by atoms with E-state index < -0.39 is 0 Å². The van der Waals surface area contributed by atoms with Gasteiger partial charge in [0, 0.05) is 11.1 Å². The van der Waals surface area contributed by atoms with Gasteiger partial charge in [-0.15, -0.1) is 0 Å². The fourth-order valence-electron chi connectivity index (χ4n) is 1.26. The van der Waals surface area contributed by atoms with Crippen molar-refractivity contribution >= 4 is 17.9 Å². The third kappa shape index (κ3) is 2.10. The Kier molecular flexibility index (Phi) is 2.99. The lowest BCUT2D eigenvalue weighted by atomic mass is 9.99. The zero-order valence-electron chi connectivity index (χ0n) is 8.40. The molecule has 1 rings (SSSR count). The minimum atomic E-state index is -0.365. The SMILES string of the molecule is CC(=O)c1cc(O)c(C=O)c(C(C)=O)c1. The van der Waals surface area contributed by atoms with Crippen LogP contribution in [0.25, 0.3) is 0 Å². The van der Waals surface area contributed by atoms with Crippen molar-refractivity contribution in [1.82, 2.24) is 0 Å². The molecule has 0 fully saturated rings. The van der Waals surface area contributed by atoms with Crippen LogP contribution in [0.2, 0.25) is 0 Å². The highest BCUT2D eigenvalue weighted by Crippen LogP contribution is 2.22. The average molecular weight is 206 g/mol. The molecule has 0 radical (unpaired) electrons. The van der Waals surface area contributed by atoms with Crippen LogP contribution in [-0.2, 0) is 0 Å². The molecule has 0 saturated heterocycles. The quantitative estimate of drug-likeness (QED) is 0.602.